The highest BCUT2D eigenvalue weighted by Crippen LogP contribution is 2.27. The number of aromatic nitrogens is 4. The van der Waals surface area contributed by atoms with Crippen molar-refractivity contribution < 1.29 is 9.53 Å². The predicted molar refractivity (Wildman–Crippen MR) is 92.1 cm³/mol. The zero-order chi connectivity index (χ0) is 17.8. The van der Waals surface area contributed by atoms with Gasteiger partial charge in [0.25, 0.3) is 5.91 Å². The molecule has 0 aromatic carbocycles. The minimum atomic E-state index is -0.0392. The van der Waals surface area contributed by atoms with Crippen LogP contribution in [0.5, 0.6) is 0 Å². The third kappa shape index (κ3) is 4.02. The average Bonchev–Trinajstić information content (AvgIpc) is 2.99. The van der Waals surface area contributed by atoms with Crippen LogP contribution < -0.4 is 0 Å². The van der Waals surface area contributed by atoms with Gasteiger partial charge in [-0.15, -0.1) is 5.10 Å². The third-order valence-corrected chi connectivity index (χ3v) is 4.31. The molecule has 0 aliphatic carbocycles. The fourth-order valence-corrected chi connectivity index (χ4v) is 3.05. The highest BCUT2D eigenvalue weighted by Gasteiger charge is 2.32. The van der Waals surface area contributed by atoms with Crippen LogP contribution >= 0.6 is 0 Å². The largest absolute Gasteiger partial charge is 0.379 e. The fourth-order valence-electron chi connectivity index (χ4n) is 3.05. The fraction of sp³-hybridized carbons (Fsp3) is 0.529. The summed E-state index contributed by atoms with van der Waals surface area (Å²) in [4.78, 5) is 20.7. The Kier molecular flexibility index (Phi) is 5.40. The van der Waals surface area contributed by atoms with Crippen LogP contribution in [0.15, 0.2) is 24.5 Å². The molecule has 3 rings (SSSR count). The van der Waals surface area contributed by atoms with Gasteiger partial charge in [-0.1, -0.05) is 5.21 Å². The van der Waals surface area contributed by atoms with E-state index >= 15 is 0 Å². The van der Waals surface area contributed by atoms with E-state index in [-0.39, 0.29) is 11.8 Å². The van der Waals surface area contributed by atoms with Crippen LogP contribution in [0.1, 0.15) is 27.7 Å². The summed E-state index contributed by atoms with van der Waals surface area (Å²) in [5, 5.41) is 8.35. The number of likely N-dealkylation sites (N-methyl/N-ethyl adjacent to an activating group) is 1. The van der Waals surface area contributed by atoms with Gasteiger partial charge in [-0.25, -0.2) is 0 Å². The second-order valence-corrected chi connectivity index (χ2v) is 6.55. The van der Waals surface area contributed by atoms with E-state index in [9.17, 15) is 4.79 Å². The second kappa shape index (κ2) is 7.71. The summed E-state index contributed by atoms with van der Waals surface area (Å²) in [6, 6.07) is 3.55. The molecule has 0 saturated carbocycles. The van der Waals surface area contributed by atoms with Crippen molar-refractivity contribution in [2.24, 2.45) is 7.05 Å². The van der Waals surface area contributed by atoms with Gasteiger partial charge in [0.15, 0.2) is 0 Å². The molecule has 0 bridgehead atoms. The normalized spacial score (nSPS) is 17.0. The van der Waals surface area contributed by atoms with Gasteiger partial charge in [0, 0.05) is 38.4 Å². The van der Waals surface area contributed by atoms with Crippen LogP contribution in [0.3, 0.4) is 0 Å². The minimum Gasteiger partial charge on any atom is -0.379 e. The molecule has 0 saturated heterocycles. The molecule has 8 nitrogen and oxygen atoms in total. The summed E-state index contributed by atoms with van der Waals surface area (Å²) < 4.78 is 7.63. The molecule has 134 valence electrons. The van der Waals surface area contributed by atoms with E-state index in [0.29, 0.717) is 31.9 Å². The Hall–Kier alpha value is -2.32. The number of aryl methyl sites for hydroxylation is 1. The van der Waals surface area contributed by atoms with Crippen LogP contribution in [-0.2, 0) is 18.3 Å². The Bertz CT molecular complexity index is 715. The molecular formula is C17H24N6O2. The molecule has 1 atom stereocenters. The Balaban J connectivity index is 1.73. The second-order valence-electron chi connectivity index (χ2n) is 6.55. The van der Waals surface area contributed by atoms with E-state index in [1.807, 2.05) is 21.1 Å². The number of carbonyl (C=O) groups is 1. The number of hydrogen-bond acceptors (Lipinski definition) is 6. The highest BCUT2D eigenvalue weighted by molar-refractivity contribution is 5.94. The highest BCUT2D eigenvalue weighted by atomic mass is 16.5. The van der Waals surface area contributed by atoms with Crippen LogP contribution in [0, 0.1) is 0 Å². The SMILES string of the molecule is CN(C)CCOC[C@@H]1CN(C(=O)c2cccnc2)Cc2nnn(C)c21. The van der Waals surface area contributed by atoms with E-state index in [0.717, 1.165) is 17.9 Å². The molecule has 1 aliphatic heterocycles. The van der Waals surface area contributed by atoms with E-state index in [1.165, 1.54) is 0 Å². The molecular weight excluding hydrogens is 320 g/mol. The van der Waals surface area contributed by atoms with Crippen molar-refractivity contribution in [1.82, 2.24) is 29.8 Å². The first kappa shape index (κ1) is 17.5. The van der Waals surface area contributed by atoms with Crippen LogP contribution in [0.2, 0.25) is 0 Å². The van der Waals surface area contributed by atoms with Crippen molar-refractivity contribution in [1.29, 1.82) is 0 Å². The Morgan fingerprint density at radius 1 is 1.44 bits per heavy atom. The molecule has 0 unspecified atom stereocenters. The first-order chi connectivity index (χ1) is 12.1. The van der Waals surface area contributed by atoms with E-state index in [1.54, 1.807) is 34.1 Å². The zero-order valence-electron chi connectivity index (χ0n) is 14.9. The summed E-state index contributed by atoms with van der Waals surface area (Å²) in [6.07, 6.45) is 3.26. The Morgan fingerprint density at radius 3 is 3.00 bits per heavy atom. The lowest BCUT2D eigenvalue weighted by molar-refractivity contribution is 0.0613. The van der Waals surface area contributed by atoms with E-state index < -0.39 is 0 Å². The van der Waals surface area contributed by atoms with Crippen molar-refractivity contribution in [3.05, 3.63) is 41.5 Å². The zero-order valence-corrected chi connectivity index (χ0v) is 14.9. The molecule has 8 heteroatoms. The van der Waals surface area contributed by atoms with Crippen molar-refractivity contribution in [2.45, 2.75) is 12.5 Å². The van der Waals surface area contributed by atoms with Crippen LogP contribution in [0.4, 0.5) is 0 Å². The summed E-state index contributed by atoms with van der Waals surface area (Å²) >= 11 is 0. The maximum absolute atomic E-state index is 12.8. The maximum atomic E-state index is 12.8. The lowest BCUT2D eigenvalue weighted by Crippen LogP contribution is -2.40. The molecule has 0 fully saturated rings. The quantitative estimate of drug-likeness (QED) is 0.712. The standard InChI is InChI=1S/C17H24N6O2/c1-21(2)7-8-25-12-14-10-23(11-15-16(14)22(3)20-19-15)17(24)13-5-4-6-18-9-13/h4-6,9,14H,7-8,10-12H2,1-3H3/t14-/m0/s1. The summed E-state index contributed by atoms with van der Waals surface area (Å²) in [5.74, 6) is 0.0224. The summed E-state index contributed by atoms with van der Waals surface area (Å²) in [6.45, 7) is 3.11. The number of nitrogens with zero attached hydrogens (tertiary/aromatic N) is 6. The van der Waals surface area contributed by atoms with Gasteiger partial charge >= 0.3 is 0 Å². The number of ether oxygens (including phenoxy) is 1. The Labute approximate surface area is 147 Å². The van der Waals surface area contributed by atoms with Gasteiger partial charge in [0.05, 0.1) is 31.0 Å². The lowest BCUT2D eigenvalue weighted by Gasteiger charge is -2.32. The topological polar surface area (TPSA) is 76.4 Å². The monoisotopic (exact) mass is 344 g/mol. The molecule has 0 radical (unpaired) electrons. The number of hydrogen-bond donors (Lipinski definition) is 0. The summed E-state index contributed by atoms with van der Waals surface area (Å²) in [5.41, 5.74) is 2.48. The molecule has 0 N–H and O–H groups in total. The van der Waals surface area contributed by atoms with E-state index in [2.05, 4.69) is 20.2 Å². The molecule has 1 amide bonds. The van der Waals surface area contributed by atoms with Crippen molar-refractivity contribution in [3.63, 3.8) is 0 Å². The first-order valence-electron chi connectivity index (χ1n) is 8.36. The molecule has 1 aliphatic rings. The van der Waals surface area contributed by atoms with Crippen LogP contribution in [0.25, 0.3) is 0 Å². The van der Waals surface area contributed by atoms with Gasteiger partial charge in [-0.3, -0.25) is 14.5 Å². The van der Waals surface area contributed by atoms with E-state index in [4.69, 9.17) is 4.74 Å². The molecule has 25 heavy (non-hydrogen) atoms. The predicted octanol–water partition coefficient (Wildman–Crippen LogP) is 0.528. The lowest BCUT2D eigenvalue weighted by atomic mass is 9.98. The van der Waals surface area contributed by atoms with Gasteiger partial charge in [-0.05, 0) is 26.2 Å². The van der Waals surface area contributed by atoms with Gasteiger partial charge in [0.1, 0.15) is 5.69 Å². The van der Waals surface area contributed by atoms with Gasteiger partial charge < -0.3 is 14.5 Å². The van der Waals surface area contributed by atoms with Crippen molar-refractivity contribution in [3.8, 4) is 0 Å². The Morgan fingerprint density at radius 2 is 2.28 bits per heavy atom. The number of amides is 1. The van der Waals surface area contributed by atoms with Crippen LogP contribution in [-0.4, -0.2) is 76.1 Å². The average molecular weight is 344 g/mol. The molecule has 3 heterocycles. The van der Waals surface area contributed by atoms with Gasteiger partial charge in [-0.2, -0.15) is 0 Å². The van der Waals surface area contributed by atoms with Crippen molar-refractivity contribution >= 4 is 5.91 Å². The summed E-state index contributed by atoms with van der Waals surface area (Å²) in [7, 11) is 5.92. The maximum Gasteiger partial charge on any atom is 0.255 e. The number of carbonyl (C=O) groups excluding carboxylic acids is 1. The number of fused-ring (bicyclic) bond motifs is 1. The van der Waals surface area contributed by atoms with Crippen molar-refractivity contribution in [2.75, 3.05) is 40.4 Å². The third-order valence-electron chi connectivity index (χ3n) is 4.31. The first-order valence-corrected chi connectivity index (χ1v) is 8.36. The minimum absolute atomic E-state index is 0.0392. The number of rotatable bonds is 6. The molecule has 2 aromatic heterocycles. The molecule has 2 aromatic rings. The van der Waals surface area contributed by atoms with Gasteiger partial charge in [0.2, 0.25) is 0 Å². The molecule has 0 spiro atoms. The smallest absolute Gasteiger partial charge is 0.255 e. The number of pyridine rings is 1.